The van der Waals surface area contributed by atoms with Crippen molar-refractivity contribution < 1.29 is 9.90 Å². The molecule has 1 fully saturated rings. The minimum atomic E-state index is -0.747. The molecule has 0 spiro atoms. The first-order chi connectivity index (χ1) is 12.2. The molecule has 0 bridgehead atoms. The molecule has 1 aromatic carbocycles. The molecule has 1 atom stereocenters. The van der Waals surface area contributed by atoms with Crippen LogP contribution in [0.5, 0.6) is 0 Å². The van der Waals surface area contributed by atoms with E-state index in [0.29, 0.717) is 25.1 Å². The molecule has 6 nitrogen and oxygen atoms in total. The Morgan fingerprint density at radius 1 is 1.00 bits per heavy atom. The number of hydrogen-bond donors (Lipinski definition) is 1. The normalized spacial score (nSPS) is 21.8. The molecule has 1 aliphatic carbocycles. The van der Waals surface area contributed by atoms with Crippen molar-refractivity contribution >= 4 is 11.9 Å². The molecule has 1 aromatic heterocycles. The lowest BCUT2D eigenvalue weighted by molar-refractivity contribution is -0.142. The minimum Gasteiger partial charge on any atom is -0.481 e. The molecule has 0 saturated carbocycles. The van der Waals surface area contributed by atoms with Gasteiger partial charge in [-0.05, 0) is 30.0 Å². The lowest BCUT2D eigenvalue weighted by atomic mass is 10.1. The monoisotopic (exact) mass is 338 g/mol. The van der Waals surface area contributed by atoms with Crippen molar-refractivity contribution in [2.24, 2.45) is 5.92 Å². The molecule has 6 heteroatoms. The Morgan fingerprint density at radius 2 is 1.68 bits per heavy atom. The molecule has 1 saturated heterocycles. The van der Waals surface area contributed by atoms with Gasteiger partial charge in [-0.3, -0.25) is 9.69 Å². The van der Waals surface area contributed by atoms with Crippen molar-refractivity contribution in [2.75, 3.05) is 31.1 Å². The molecular formula is C19H22N4O2. The molecule has 130 valence electrons. The van der Waals surface area contributed by atoms with E-state index in [1.165, 1.54) is 11.1 Å². The minimum absolute atomic E-state index is 0.385. The summed E-state index contributed by atoms with van der Waals surface area (Å²) < 4.78 is 0. The lowest BCUT2D eigenvalue weighted by Crippen LogP contribution is -2.41. The SMILES string of the molecule is O=C(O)C1CN(c2ncccn2)CCN(C2Cc3ccccc3C2)C1. The van der Waals surface area contributed by atoms with Gasteiger partial charge < -0.3 is 10.0 Å². The molecule has 2 aliphatic rings. The number of fused-ring (bicyclic) bond motifs is 1. The molecular weight excluding hydrogens is 316 g/mol. The van der Waals surface area contributed by atoms with Crippen LogP contribution in [0.4, 0.5) is 5.95 Å². The third-order valence-electron chi connectivity index (χ3n) is 5.28. The van der Waals surface area contributed by atoms with E-state index in [-0.39, 0.29) is 0 Å². The number of rotatable bonds is 3. The zero-order valence-electron chi connectivity index (χ0n) is 14.1. The highest BCUT2D eigenvalue weighted by atomic mass is 16.4. The zero-order valence-corrected chi connectivity index (χ0v) is 14.1. The van der Waals surface area contributed by atoms with Crippen LogP contribution in [0, 0.1) is 5.92 Å². The third-order valence-corrected chi connectivity index (χ3v) is 5.28. The van der Waals surface area contributed by atoms with Crippen LogP contribution < -0.4 is 4.90 Å². The van der Waals surface area contributed by atoms with Gasteiger partial charge in [0.05, 0.1) is 5.92 Å². The van der Waals surface area contributed by atoms with E-state index in [0.717, 1.165) is 25.9 Å². The number of anilines is 1. The summed E-state index contributed by atoms with van der Waals surface area (Å²) in [6.45, 7) is 2.62. The third kappa shape index (κ3) is 3.35. The quantitative estimate of drug-likeness (QED) is 0.914. The van der Waals surface area contributed by atoms with E-state index < -0.39 is 11.9 Å². The van der Waals surface area contributed by atoms with Crippen molar-refractivity contribution in [2.45, 2.75) is 18.9 Å². The van der Waals surface area contributed by atoms with Gasteiger partial charge in [0.1, 0.15) is 0 Å². The number of nitrogens with zero attached hydrogens (tertiary/aromatic N) is 4. The molecule has 4 rings (SSSR count). The van der Waals surface area contributed by atoms with Gasteiger partial charge in [0.15, 0.2) is 0 Å². The van der Waals surface area contributed by atoms with Gasteiger partial charge in [0, 0.05) is 44.6 Å². The van der Waals surface area contributed by atoms with Crippen LogP contribution in [-0.2, 0) is 17.6 Å². The van der Waals surface area contributed by atoms with Crippen molar-refractivity contribution in [3.63, 3.8) is 0 Å². The highest BCUT2D eigenvalue weighted by Crippen LogP contribution is 2.27. The average Bonchev–Trinajstić information content (AvgIpc) is 2.93. The smallest absolute Gasteiger partial charge is 0.309 e. The van der Waals surface area contributed by atoms with Gasteiger partial charge >= 0.3 is 5.97 Å². The van der Waals surface area contributed by atoms with Crippen molar-refractivity contribution in [3.05, 3.63) is 53.9 Å². The summed E-state index contributed by atoms with van der Waals surface area (Å²) in [7, 11) is 0. The second kappa shape index (κ2) is 6.80. The second-order valence-electron chi connectivity index (χ2n) is 6.86. The maximum absolute atomic E-state index is 11.8. The Labute approximate surface area is 147 Å². The molecule has 2 aromatic rings. The number of benzene rings is 1. The molecule has 1 unspecified atom stereocenters. The Morgan fingerprint density at radius 3 is 2.32 bits per heavy atom. The van der Waals surface area contributed by atoms with Crippen molar-refractivity contribution in [1.29, 1.82) is 0 Å². The Hall–Kier alpha value is -2.47. The Kier molecular flexibility index (Phi) is 4.36. The first-order valence-corrected chi connectivity index (χ1v) is 8.76. The molecule has 0 radical (unpaired) electrons. The number of carboxylic acids is 1. The molecule has 1 N–H and O–H groups in total. The average molecular weight is 338 g/mol. The number of carbonyl (C=O) groups is 1. The topological polar surface area (TPSA) is 69.6 Å². The Balaban J connectivity index is 1.52. The highest BCUT2D eigenvalue weighted by Gasteiger charge is 2.34. The van der Waals surface area contributed by atoms with Crippen LogP contribution in [0.1, 0.15) is 11.1 Å². The zero-order chi connectivity index (χ0) is 17.2. The van der Waals surface area contributed by atoms with Crippen LogP contribution in [0.3, 0.4) is 0 Å². The lowest BCUT2D eigenvalue weighted by Gasteiger charge is -2.28. The largest absolute Gasteiger partial charge is 0.481 e. The standard InChI is InChI=1S/C19H22N4O2/c24-18(25)16-12-22(17-10-14-4-1-2-5-15(14)11-17)8-9-23(13-16)19-20-6-3-7-21-19/h1-7,16-17H,8-13H2,(H,24,25). The fourth-order valence-electron chi connectivity index (χ4n) is 3.96. The summed E-state index contributed by atoms with van der Waals surface area (Å²) in [5.41, 5.74) is 2.79. The van der Waals surface area contributed by atoms with Gasteiger partial charge in [0.2, 0.25) is 5.95 Å². The number of aromatic nitrogens is 2. The summed E-state index contributed by atoms with van der Waals surface area (Å²) in [6, 6.07) is 10.7. The van der Waals surface area contributed by atoms with Crippen molar-refractivity contribution in [1.82, 2.24) is 14.9 Å². The van der Waals surface area contributed by atoms with Crippen LogP contribution in [0.2, 0.25) is 0 Å². The fraction of sp³-hybridized carbons (Fsp3) is 0.421. The highest BCUT2D eigenvalue weighted by molar-refractivity contribution is 5.71. The maximum atomic E-state index is 11.8. The predicted octanol–water partition coefficient (Wildman–Crippen LogP) is 1.47. The summed E-state index contributed by atoms with van der Waals surface area (Å²) in [5.74, 6) is -0.566. The molecule has 25 heavy (non-hydrogen) atoms. The van der Waals surface area contributed by atoms with E-state index in [2.05, 4.69) is 39.1 Å². The van der Waals surface area contributed by atoms with Crippen LogP contribution >= 0.6 is 0 Å². The van der Waals surface area contributed by atoms with E-state index >= 15 is 0 Å². The van der Waals surface area contributed by atoms with E-state index in [9.17, 15) is 9.90 Å². The van der Waals surface area contributed by atoms with Crippen LogP contribution in [0.15, 0.2) is 42.7 Å². The predicted molar refractivity (Wildman–Crippen MR) is 94.6 cm³/mol. The van der Waals surface area contributed by atoms with Crippen LogP contribution in [0.25, 0.3) is 0 Å². The summed E-state index contributed by atoms with van der Waals surface area (Å²) in [4.78, 5) is 24.7. The summed E-state index contributed by atoms with van der Waals surface area (Å²) in [6.07, 6.45) is 5.41. The van der Waals surface area contributed by atoms with Gasteiger partial charge in [-0.2, -0.15) is 0 Å². The van der Waals surface area contributed by atoms with Gasteiger partial charge in [-0.25, -0.2) is 9.97 Å². The number of carboxylic acid groups (broad SMARTS) is 1. The summed E-state index contributed by atoms with van der Waals surface area (Å²) >= 11 is 0. The van der Waals surface area contributed by atoms with Crippen LogP contribution in [-0.4, -0.2) is 58.2 Å². The number of aliphatic carboxylic acids is 1. The van der Waals surface area contributed by atoms with Gasteiger partial charge in [0.25, 0.3) is 0 Å². The van der Waals surface area contributed by atoms with E-state index in [1.54, 1.807) is 18.5 Å². The molecule has 2 heterocycles. The van der Waals surface area contributed by atoms with Gasteiger partial charge in [-0.1, -0.05) is 24.3 Å². The van der Waals surface area contributed by atoms with E-state index in [1.807, 2.05) is 4.90 Å². The maximum Gasteiger partial charge on any atom is 0.309 e. The number of hydrogen-bond acceptors (Lipinski definition) is 5. The van der Waals surface area contributed by atoms with Gasteiger partial charge in [-0.15, -0.1) is 0 Å². The first-order valence-electron chi connectivity index (χ1n) is 8.76. The molecule has 1 aliphatic heterocycles. The molecule has 0 amide bonds. The summed E-state index contributed by atoms with van der Waals surface area (Å²) in [5, 5.41) is 9.67. The second-order valence-corrected chi connectivity index (χ2v) is 6.86. The Bertz CT molecular complexity index is 727. The fourth-order valence-corrected chi connectivity index (χ4v) is 3.96. The van der Waals surface area contributed by atoms with Crippen molar-refractivity contribution in [3.8, 4) is 0 Å². The van der Waals surface area contributed by atoms with E-state index in [4.69, 9.17) is 0 Å². The first kappa shape index (κ1) is 16.0.